The number of sulfonamides is 1. The Labute approximate surface area is 212 Å². The summed E-state index contributed by atoms with van der Waals surface area (Å²) < 4.78 is 26.1. The number of benzene rings is 2. The van der Waals surface area contributed by atoms with Gasteiger partial charge in [0.15, 0.2) is 0 Å². The van der Waals surface area contributed by atoms with Gasteiger partial charge in [-0.25, -0.2) is 8.42 Å². The van der Waals surface area contributed by atoms with Crippen LogP contribution in [0.2, 0.25) is 10.0 Å². The lowest BCUT2D eigenvalue weighted by Crippen LogP contribution is -2.51. The summed E-state index contributed by atoms with van der Waals surface area (Å²) in [5, 5.41) is 3.53. The van der Waals surface area contributed by atoms with Crippen molar-refractivity contribution in [3.05, 3.63) is 63.6 Å². The number of nitrogens with one attached hydrogen (secondary N) is 1. The van der Waals surface area contributed by atoms with Crippen LogP contribution >= 0.6 is 23.2 Å². The highest BCUT2D eigenvalue weighted by molar-refractivity contribution is 7.92. The molecule has 7 nitrogen and oxygen atoms in total. The summed E-state index contributed by atoms with van der Waals surface area (Å²) in [6, 6.07) is 11.0. The molecule has 0 saturated carbocycles. The Kier molecular flexibility index (Phi) is 10.2. The van der Waals surface area contributed by atoms with Crippen LogP contribution in [0.3, 0.4) is 0 Å². The summed E-state index contributed by atoms with van der Waals surface area (Å²) >= 11 is 12.1. The minimum absolute atomic E-state index is 0.0591. The monoisotopic (exact) mass is 527 g/mol. The van der Waals surface area contributed by atoms with Crippen LogP contribution in [0.1, 0.15) is 37.8 Å². The minimum atomic E-state index is -3.76. The zero-order valence-electron chi connectivity index (χ0n) is 19.8. The lowest BCUT2D eigenvalue weighted by Gasteiger charge is -2.31. The Morgan fingerprint density at radius 1 is 1.06 bits per heavy atom. The number of unbranched alkanes of at least 4 members (excludes halogenated alkanes) is 1. The van der Waals surface area contributed by atoms with E-state index in [1.165, 1.54) is 4.90 Å². The van der Waals surface area contributed by atoms with E-state index >= 15 is 0 Å². The number of anilines is 1. The number of halogens is 2. The largest absolute Gasteiger partial charge is 0.354 e. The molecular weight excluding hydrogens is 497 g/mol. The van der Waals surface area contributed by atoms with Gasteiger partial charge in [0.05, 0.1) is 22.0 Å². The average molecular weight is 529 g/mol. The van der Waals surface area contributed by atoms with E-state index in [1.54, 1.807) is 49.4 Å². The van der Waals surface area contributed by atoms with E-state index in [-0.39, 0.29) is 12.5 Å². The molecule has 1 unspecified atom stereocenters. The van der Waals surface area contributed by atoms with Crippen molar-refractivity contribution in [3.63, 3.8) is 0 Å². The van der Waals surface area contributed by atoms with Gasteiger partial charge in [0.25, 0.3) is 0 Å². The van der Waals surface area contributed by atoms with Crippen LogP contribution in [-0.2, 0) is 26.2 Å². The summed E-state index contributed by atoms with van der Waals surface area (Å²) in [7, 11) is -3.76. The van der Waals surface area contributed by atoms with Crippen LogP contribution in [0.4, 0.5) is 5.69 Å². The molecule has 0 heterocycles. The fraction of sp³-hybridized carbons (Fsp3) is 0.417. The number of rotatable bonds is 11. The van der Waals surface area contributed by atoms with E-state index in [4.69, 9.17) is 23.2 Å². The maximum atomic E-state index is 13.5. The van der Waals surface area contributed by atoms with Crippen molar-refractivity contribution in [2.75, 3.05) is 23.7 Å². The molecule has 0 aliphatic heterocycles. The highest BCUT2D eigenvalue weighted by Crippen LogP contribution is 2.24. The first kappa shape index (κ1) is 28.0. The van der Waals surface area contributed by atoms with E-state index in [1.807, 2.05) is 13.8 Å². The Balaban J connectivity index is 2.36. The van der Waals surface area contributed by atoms with E-state index < -0.39 is 28.5 Å². The number of nitrogens with zero attached hydrogens (tertiary/aromatic N) is 2. The summed E-state index contributed by atoms with van der Waals surface area (Å²) in [5.41, 5.74) is 2.00. The molecule has 34 heavy (non-hydrogen) atoms. The highest BCUT2D eigenvalue weighted by Gasteiger charge is 2.30. The van der Waals surface area contributed by atoms with Crippen LogP contribution in [0, 0.1) is 6.92 Å². The van der Waals surface area contributed by atoms with Crippen molar-refractivity contribution in [2.24, 2.45) is 0 Å². The van der Waals surface area contributed by atoms with Crippen LogP contribution in [0.15, 0.2) is 42.5 Å². The first-order valence-electron chi connectivity index (χ1n) is 11.0. The van der Waals surface area contributed by atoms with Gasteiger partial charge in [-0.3, -0.25) is 13.9 Å². The van der Waals surface area contributed by atoms with Crippen molar-refractivity contribution < 1.29 is 18.0 Å². The SMILES string of the molecule is CCCCNC(=O)C(C)N(Cc1ccc(Cl)c(Cl)c1)C(=O)CN(c1ccc(C)cc1)S(C)(=O)=O. The zero-order chi connectivity index (χ0) is 25.5. The lowest BCUT2D eigenvalue weighted by molar-refractivity contribution is -0.139. The number of hydrogen-bond acceptors (Lipinski definition) is 4. The quantitative estimate of drug-likeness (QED) is 0.438. The molecule has 10 heteroatoms. The molecular formula is C24H31Cl2N3O4S. The summed E-state index contributed by atoms with van der Waals surface area (Å²) in [6.07, 6.45) is 2.78. The zero-order valence-corrected chi connectivity index (χ0v) is 22.2. The van der Waals surface area contributed by atoms with Crippen molar-refractivity contribution >= 4 is 50.7 Å². The second kappa shape index (κ2) is 12.4. The summed E-state index contributed by atoms with van der Waals surface area (Å²) in [4.78, 5) is 27.6. The van der Waals surface area contributed by atoms with Gasteiger partial charge in [-0.05, 0) is 50.1 Å². The van der Waals surface area contributed by atoms with Crippen LogP contribution in [0.25, 0.3) is 0 Å². The third-order valence-corrected chi connectivity index (χ3v) is 7.21. The standard InChI is InChI=1S/C24H31Cl2N3O4S/c1-5-6-13-27-24(31)18(3)28(15-19-9-12-21(25)22(26)14-19)23(30)16-29(34(4,32)33)20-10-7-17(2)8-11-20/h7-12,14,18H,5-6,13,15-16H2,1-4H3,(H,27,31). The van der Waals surface area contributed by atoms with Gasteiger partial charge in [-0.2, -0.15) is 0 Å². The highest BCUT2D eigenvalue weighted by atomic mass is 35.5. The number of carbonyl (C=O) groups is 2. The number of aryl methyl sites for hydroxylation is 1. The van der Waals surface area contributed by atoms with Crippen molar-refractivity contribution in [2.45, 2.75) is 46.2 Å². The topological polar surface area (TPSA) is 86.8 Å². The molecule has 1 atom stereocenters. The molecule has 0 fully saturated rings. The molecule has 0 spiro atoms. The predicted octanol–water partition coefficient (Wildman–Crippen LogP) is 4.40. The van der Waals surface area contributed by atoms with Gasteiger partial charge >= 0.3 is 0 Å². The molecule has 0 radical (unpaired) electrons. The molecule has 1 N–H and O–H groups in total. The van der Waals surface area contributed by atoms with Crippen LogP contribution in [-0.4, -0.2) is 50.5 Å². The fourth-order valence-electron chi connectivity index (χ4n) is 3.28. The fourth-order valence-corrected chi connectivity index (χ4v) is 4.45. The Morgan fingerprint density at radius 2 is 1.71 bits per heavy atom. The minimum Gasteiger partial charge on any atom is -0.354 e. The van der Waals surface area contributed by atoms with Crippen molar-refractivity contribution in [1.82, 2.24) is 10.2 Å². The maximum absolute atomic E-state index is 13.5. The first-order chi connectivity index (χ1) is 15.9. The molecule has 0 bridgehead atoms. The molecule has 186 valence electrons. The molecule has 0 aromatic heterocycles. The first-order valence-corrected chi connectivity index (χ1v) is 13.6. The van der Waals surface area contributed by atoms with Crippen LogP contribution in [0.5, 0.6) is 0 Å². The normalized spacial score (nSPS) is 12.2. The smallest absolute Gasteiger partial charge is 0.244 e. The summed E-state index contributed by atoms with van der Waals surface area (Å²) in [5.74, 6) is -0.835. The molecule has 2 amide bonds. The maximum Gasteiger partial charge on any atom is 0.244 e. The van der Waals surface area contributed by atoms with E-state index in [2.05, 4.69) is 5.32 Å². The van der Waals surface area contributed by atoms with Gasteiger partial charge in [-0.1, -0.05) is 60.3 Å². The van der Waals surface area contributed by atoms with Gasteiger partial charge < -0.3 is 10.2 Å². The van der Waals surface area contributed by atoms with Gasteiger partial charge in [-0.15, -0.1) is 0 Å². The number of carbonyl (C=O) groups excluding carboxylic acids is 2. The Morgan fingerprint density at radius 3 is 2.26 bits per heavy atom. The molecule has 2 aromatic carbocycles. The lowest BCUT2D eigenvalue weighted by atomic mass is 10.1. The molecule has 2 aromatic rings. The van der Waals surface area contributed by atoms with Gasteiger partial charge in [0, 0.05) is 13.1 Å². The Bertz CT molecular complexity index is 1110. The van der Waals surface area contributed by atoms with E-state index in [9.17, 15) is 18.0 Å². The van der Waals surface area contributed by atoms with E-state index in [0.717, 1.165) is 29.0 Å². The predicted molar refractivity (Wildman–Crippen MR) is 138 cm³/mol. The third kappa shape index (κ3) is 7.89. The number of hydrogen-bond donors (Lipinski definition) is 1. The second-order valence-corrected chi connectivity index (χ2v) is 10.9. The van der Waals surface area contributed by atoms with E-state index in [0.29, 0.717) is 27.8 Å². The van der Waals surface area contributed by atoms with Crippen LogP contribution < -0.4 is 9.62 Å². The average Bonchev–Trinajstić information content (AvgIpc) is 2.77. The van der Waals surface area contributed by atoms with Crippen molar-refractivity contribution in [1.29, 1.82) is 0 Å². The molecule has 2 rings (SSSR count). The number of amides is 2. The second-order valence-electron chi connectivity index (χ2n) is 8.20. The molecule has 0 saturated heterocycles. The third-order valence-electron chi connectivity index (χ3n) is 5.33. The molecule has 0 aliphatic carbocycles. The van der Waals surface area contributed by atoms with Crippen molar-refractivity contribution in [3.8, 4) is 0 Å². The summed E-state index contributed by atoms with van der Waals surface area (Å²) in [6.45, 7) is 5.62. The Hall–Kier alpha value is -2.29. The molecule has 0 aliphatic rings. The van der Waals surface area contributed by atoms with Gasteiger partial charge in [0.1, 0.15) is 12.6 Å². The van der Waals surface area contributed by atoms with Gasteiger partial charge in [0.2, 0.25) is 21.8 Å².